The lowest BCUT2D eigenvalue weighted by Gasteiger charge is -2.27. The number of β-amino-alcohol motifs (C(OH)–C–C–N with tert-alkyl or cyclic N) is 1. The van der Waals surface area contributed by atoms with Crippen molar-refractivity contribution in [2.24, 2.45) is 11.7 Å². The maximum absolute atomic E-state index is 13.4. The maximum Gasteiger partial charge on any atom is 0.326 e. The van der Waals surface area contributed by atoms with E-state index in [2.05, 4.69) is 21.3 Å². The minimum absolute atomic E-state index is 0.0514. The smallest absolute Gasteiger partial charge is 0.326 e. The number of rotatable bonds is 16. The van der Waals surface area contributed by atoms with Crippen LogP contribution in [0.2, 0.25) is 0 Å². The van der Waals surface area contributed by atoms with E-state index in [9.17, 15) is 39.0 Å². The Labute approximate surface area is 254 Å². The Balaban J connectivity index is 2.12. The van der Waals surface area contributed by atoms with Gasteiger partial charge in [0.25, 0.3) is 0 Å². The highest BCUT2D eigenvalue weighted by Crippen LogP contribution is 2.20. The summed E-state index contributed by atoms with van der Waals surface area (Å²) in [7, 11) is 0. The van der Waals surface area contributed by atoms with Crippen LogP contribution in [0, 0.1) is 5.92 Å². The van der Waals surface area contributed by atoms with Gasteiger partial charge in [0.05, 0.1) is 19.2 Å². The molecule has 0 radical (unpaired) electrons. The number of carbonyl (C=O) groups is 6. The van der Waals surface area contributed by atoms with Crippen molar-refractivity contribution < 1.29 is 39.0 Å². The first-order valence-electron chi connectivity index (χ1n) is 14.0. The second kappa shape index (κ2) is 17.4. The summed E-state index contributed by atoms with van der Waals surface area (Å²) in [6, 6.07) is 4.47. The van der Waals surface area contributed by atoms with Crippen LogP contribution in [0.4, 0.5) is 0 Å². The van der Waals surface area contributed by atoms with E-state index in [-0.39, 0.29) is 38.3 Å². The number of nitrogens with one attached hydrogen (secondary N) is 4. The predicted molar refractivity (Wildman–Crippen MR) is 160 cm³/mol. The van der Waals surface area contributed by atoms with Crippen molar-refractivity contribution in [3.63, 3.8) is 0 Å². The molecule has 8 N–H and O–H groups in total. The van der Waals surface area contributed by atoms with Crippen molar-refractivity contribution in [1.29, 1.82) is 0 Å². The van der Waals surface area contributed by atoms with E-state index in [0.29, 0.717) is 11.3 Å². The lowest BCUT2D eigenvalue weighted by Crippen LogP contribution is -2.57. The van der Waals surface area contributed by atoms with Gasteiger partial charge in [0.15, 0.2) is 0 Å². The number of hydrogen-bond acceptors (Lipinski definition) is 9. The number of hydrogen-bond donors (Lipinski definition) is 7. The van der Waals surface area contributed by atoms with Crippen LogP contribution in [0.1, 0.15) is 32.3 Å². The zero-order valence-electron chi connectivity index (χ0n) is 24.6. The Morgan fingerprint density at radius 3 is 2.26 bits per heavy atom. The van der Waals surface area contributed by atoms with Crippen molar-refractivity contribution in [2.75, 3.05) is 31.6 Å². The number of benzene rings is 1. The lowest BCUT2D eigenvalue weighted by atomic mass is 10.0. The van der Waals surface area contributed by atoms with Gasteiger partial charge in [-0.15, -0.1) is 0 Å². The summed E-state index contributed by atoms with van der Waals surface area (Å²) >= 11 is 1.46. The number of nitrogens with zero attached hydrogens (tertiary/aromatic N) is 1. The Kier molecular flexibility index (Phi) is 14.4. The van der Waals surface area contributed by atoms with Crippen molar-refractivity contribution in [1.82, 2.24) is 26.2 Å². The SMILES string of the molecule is CSCCC(NC(=O)C(NC(=O)CN)C(C)C)C(=O)NCC(=O)NC(Cc1ccccc1)C(=O)N1CC(O)CC1C(=O)O. The molecule has 5 unspecified atom stereocenters. The highest BCUT2D eigenvalue weighted by molar-refractivity contribution is 7.98. The quantitative estimate of drug-likeness (QED) is 0.110. The average molecular weight is 623 g/mol. The van der Waals surface area contributed by atoms with E-state index in [4.69, 9.17) is 5.73 Å². The van der Waals surface area contributed by atoms with Crippen molar-refractivity contribution in [2.45, 2.75) is 63.4 Å². The molecule has 0 saturated carbocycles. The number of likely N-dealkylation sites (tertiary alicyclic amines) is 1. The summed E-state index contributed by atoms with van der Waals surface area (Å²) in [5.41, 5.74) is 6.06. The van der Waals surface area contributed by atoms with Crippen LogP contribution in [0.15, 0.2) is 30.3 Å². The van der Waals surface area contributed by atoms with Crippen LogP contribution in [-0.2, 0) is 35.2 Å². The number of aliphatic carboxylic acids is 1. The molecule has 1 aromatic rings. The Morgan fingerprint density at radius 2 is 1.67 bits per heavy atom. The van der Waals surface area contributed by atoms with Crippen LogP contribution in [0.25, 0.3) is 0 Å². The minimum Gasteiger partial charge on any atom is -0.480 e. The molecule has 0 aromatic heterocycles. The summed E-state index contributed by atoms with van der Waals surface area (Å²) in [6.45, 7) is 2.46. The first kappa shape index (κ1) is 35.5. The molecule has 5 atom stereocenters. The topological polar surface area (TPSA) is 220 Å². The van der Waals surface area contributed by atoms with Crippen molar-refractivity contribution in [3.8, 4) is 0 Å². The van der Waals surface area contributed by atoms with Gasteiger partial charge in [-0.05, 0) is 29.9 Å². The third-order valence-corrected chi connectivity index (χ3v) is 7.52. The Bertz CT molecular complexity index is 1140. The minimum atomic E-state index is -1.26. The predicted octanol–water partition coefficient (Wildman–Crippen LogP) is -1.79. The number of carboxylic acids is 1. The summed E-state index contributed by atoms with van der Waals surface area (Å²) in [5.74, 6) is -4.14. The number of amides is 5. The highest BCUT2D eigenvalue weighted by atomic mass is 32.2. The zero-order chi connectivity index (χ0) is 32.1. The molecule has 14 nitrogen and oxygen atoms in total. The molecule has 1 aliphatic rings. The van der Waals surface area contributed by atoms with Gasteiger partial charge in [-0.2, -0.15) is 11.8 Å². The Morgan fingerprint density at radius 1 is 1.00 bits per heavy atom. The standard InChI is InChI=1S/C28H42N6O8S/c1-16(2)24(33-22(36)13-29)26(39)32-19(9-10-43-3)25(38)30-14-23(37)31-20(11-17-7-5-4-6-8-17)27(40)34-15-18(35)12-21(34)28(41)42/h4-8,16,18-21,24,35H,9-15,29H2,1-3H3,(H,30,38)(H,31,37)(H,32,39)(H,33,36)(H,41,42). The van der Waals surface area contributed by atoms with Gasteiger partial charge >= 0.3 is 5.97 Å². The highest BCUT2D eigenvalue weighted by Gasteiger charge is 2.41. The molecule has 1 heterocycles. The third-order valence-electron chi connectivity index (χ3n) is 6.88. The van der Waals surface area contributed by atoms with E-state index in [0.717, 1.165) is 4.90 Å². The number of nitrogens with two attached hydrogens (primary N) is 1. The van der Waals surface area contributed by atoms with Crippen LogP contribution in [0.5, 0.6) is 0 Å². The molecule has 0 bridgehead atoms. The fraction of sp³-hybridized carbons (Fsp3) is 0.571. The number of aliphatic hydroxyl groups excluding tert-OH is 1. The van der Waals surface area contributed by atoms with Crippen LogP contribution < -0.4 is 27.0 Å². The van der Waals surface area contributed by atoms with Gasteiger partial charge in [-0.1, -0.05) is 44.2 Å². The zero-order valence-corrected chi connectivity index (χ0v) is 25.4. The summed E-state index contributed by atoms with van der Waals surface area (Å²) < 4.78 is 0. The lowest BCUT2D eigenvalue weighted by molar-refractivity contribution is -0.149. The van der Waals surface area contributed by atoms with Crippen molar-refractivity contribution >= 4 is 47.3 Å². The largest absolute Gasteiger partial charge is 0.480 e. The average Bonchev–Trinajstić information content (AvgIpc) is 3.38. The number of aliphatic hydroxyl groups is 1. The molecular weight excluding hydrogens is 580 g/mol. The fourth-order valence-corrected chi connectivity index (χ4v) is 5.08. The molecule has 2 rings (SSSR count). The molecule has 1 aliphatic heterocycles. The second-order valence-corrected chi connectivity index (χ2v) is 11.6. The van der Waals surface area contributed by atoms with Crippen LogP contribution in [0.3, 0.4) is 0 Å². The molecule has 238 valence electrons. The van der Waals surface area contributed by atoms with Crippen LogP contribution >= 0.6 is 11.8 Å². The van der Waals surface area contributed by atoms with Crippen LogP contribution in [-0.4, -0.2) is 113 Å². The van der Waals surface area contributed by atoms with Crippen molar-refractivity contribution in [3.05, 3.63) is 35.9 Å². The van der Waals surface area contributed by atoms with Gasteiger partial charge < -0.3 is 42.1 Å². The van der Waals surface area contributed by atoms with E-state index < -0.39 is 72.3 Å². The number of carboxylic acid groups (broad SMARTS) is 1. The normalized spacial score (nSPS) is 18.3. The summed E-state index contributed by atoms with van der Waals surface area (Å²) in [6.07, 6.45) is 1.000. The van der Waals surface area contributed by atoms with Gasteiger partial charge in [-0.25, -0.2) is 4.79 Å². The monoisotopic (exact) mass is 622 g/mol. The second-order valence-electron chi connectivity index (χ2n) is 10.6. The first-order valence-corrected chi connectivity index (χ1v) is 15.4. The molecule has 43 heavy (non-hydrogen) atoms. The number of carbonyl (C=O) groups excluding carboxylic acids is 5. The van der Waals surface area contributed by atoms with E-state index in [1.165, 1.54) is 11.8 Å². The third kappa shape index (κ3) is 11.1. The Hall–Kier alpha value is -3.69. The number of thioether (sulfide) groups is 1. The molecule has 15 heteroatoms. The van der Waals surface area contributed by atoms with Gasteiger partial charge in [0.1, 0.15) is 24.2 Å². The summed E-state index contributed by atoms with van der Waals surface area (Å²) in [4.78, 5) is 76.9. The molecule has 1 saturated heterocycles. The molecule has 1 fully saturated rings. The molecule has 0 aliphatic carbocycles. The fourth-order valence-electron chi connectivity index (χ4n) is 4.61. The maximum atomic E-state index is 13.4. The van der Waals surface area contributed by atoms with E-state index in [1.807, 2.05) is 6.26 Å². The van der Waals surface area contributed by atoms with E-state index >= 15 is 0 Å². The molecule has 0 spiro atoms. The first-order chi connectivity index (χ1) is 20.4. The molecular formula is C28H42N6O8S. The van der Waals surface area contributed by atoms with Gasteiger partial charge in [0.2, 0.25) is 29.5 Å². The van der Waals surface area contributed by atoms with Gasteiger partial charge in [-0.3, -0.25) is 24.0 Å². The molecule has 5 amide bonds. The van der Waals surface area contributed by atoms with E-state index in [1.54, 1.807) is 44.2 Å². The van der Waals surface area contributed by atoms with Gasteiger partial charge in [0, 0.05) is 19.4 Å². The molecule has 1 aromatic carbocycles. The summed E-state index contributed by atoms with van der Waals surface area (Å²) in [5, 5.41) is 29.8.